The van der Waals surface area contributed by atoms with Crippen LogP contribution in [0, 0.1) is 5.82 Å². The van der Waals surface area contributed by atoms with Crippen molar-refractivity contribution in [2.75, 3.05) is 7.05 Å². The van der Waals surface area contributed by atoms with Crippen LogP contribution < -0.4 is 5.69 Å². The van der Waals surface area contributed by atoms with Crippen molar-refractivity contribution in [2.24, 2.45) is 0 Å². The maximum atomic E-state index is 13.9. The number of halogens is 2. The van der Waals surface area contributed by atoms with Crippen LogP contribution in [0.2, 0.25) is 5.02 Å². The van der Waals surface area contributed by atoms with Gasteiger partial charge in [-0.05, 0) is 30.3 Å². The third-order valence-electron chi connectivity index (χ3n) is 3.64. The fraction of sp³-hybridized carbons (Fsp3) is 0.133. The lowest BCUT2D eigenvalue weighted by Crippen LogP contribution is -2.27. The normalized spacial score (nSPS) is 12.2. The minimum atomic E-state index is -3.88. The van der Waals surface area contributed by atoms with Crippen molar-refractivity contribution in [1.82, 2.24) is 14.3 Å². The molecule has 0 amide bonds. The number of imidazole rings is 1. The Morgan fingerprint density at radius 2 is 1.88 bits per heavy atom. The topological polar surface area (TPSA) is 86.0 Å². The first kappa shape index (κ1) is 16.7. The van der Waals surface area contributed by atoms with E-state index in [0.717, 1.165) is 4.31 Å². The number of benzene rings is 2. The third-order valence-corrected chi connectivity index (χ3v) is 5.79. The van der Waals surface area contributed by atoms with Crippen LogP contribution in [0.1, 0.15) is 5.56 Å². The summed E-state index contributed by atoms with van der Waals surface area (Å²) in [6, 6.07) is 8.38. The van der Waals surface area contributed by atoms with E-state index in [1.54, 1.807) is 0 Å². The second kappa shape index (κ2) is 6.04. The lowest BCUT2D eigenvalue weighted by molar-refractivity contribution is 0.456. The standard InChI is InChI=1S/C15H13ClFN3O3S/c1-20(8-10-11(16)3-2-4-12(10)17)24(22,23)9-5-6-13-14(7-9)19-15(21)18-13/h2-7H,8H2,1H3,(H2,18,19,21). The van der Waals surface area contributed by atoms with Gasteiger partial charge in [-0.3, -0.25) is 0 Å². The Morgan fingerprint density at radius 1 is 1.17 bits per heavy atom. The number of H-pyrrole nitrogens is 2. The smallest absolute Gasteiger partial charge is 0.306 e. The maximum Gasteiger partial charge on any atom is 0.323 e. The van der Waals surface area contributed by atoms with Crippen molar-refractivity contribution >= 4 is 32.7 Å². The molecular formula is C15H13ClFN3O3S. The molecule has 0 unspecified atom stereocenters. The average Bonchev–Trinajstić information content (AvgIpc) is 2.89. The van der Waals surface area contributed by atoms with Gasteiger partial charge in [0, 0.05) is 24.2 Å². The number of aromatic amines is 2. The summed E-state index contributed by atoms with van der Waals surface area (Å²) in [5, 5.41) is 0.155. The predicted octanol–water partition coefficient (Wildman–Crippen LogP) is 2.47. The fourth-order valence-electron chi connectivity index (χ4n) is 2.34. The number of fused-ring (bicyclic) bond motifs is 1. The van der Waals surface area contributed by atoms with Crippen molar-refractivity contribution in [2.45, 2.75) is 11.4 Å². The highest BCUT2D eigenvalue weighted by Gasteiger charge is 2.23. The van der Waals surface area contributed by atoms with Crippen LogP contribution >= 0.6 is 11.6 Å². The molecule has 3 rings (SSSR count). The summed E-state index contributed by atoms with van der Waals surface area (Å²) in [6.07, 6.45) is 0. The van der Waals surface area contributed by atoms with Gasteiger partial charge in [0.15, 0.2) is 0 Å². The molecule has 3 aromatic rings. The minimum Gasteiger partial charge on any atom is -0.306 e. The summed E-state index contributed by atoms with van der Waals surface area (Å²) >= 11 is 5.95. The van der Waals surface area contributed by atoms with Crippen LogP contribution in [0.4, 0.5) is 4.39 Å². The predicted molar refractivity (Wildman–Crippen MR) is 89.0 cm³/mol. The van der Waals surface area contributed by atoms with Crippen LogP contribution in [-0.2, 0) is 16.6 Å². The second-order valence-corrected chi connectivity index (χ2v) is 7.70. The summed E-state index contributed by atoms with van der Waals surface area (Å²) in [6.45, 7) is -0.213. The van der Waals surface area contributed by atoms with Gasteiger partial charge in [-0.25, -0.2) is 17.6 Å². The van der Waals surface area contributed by atoms with Gasteiger partial charge < -0.3 is 9.97 Å². The number of nitrogens with one attached hydrogen (secondary N) is 2. The van der Waals surface area contributed by atoms with Crippen molar-refractivity contribution in [3.63, 3.8) is 0 Å². The summed E-state index contributed by atoms with van der Waals surface area (Å²) < 4.78 is 40.2. The Morgan fingerprint density at radius 3 is 2.58 bits per heavy atom. The minimum absolute atomic E-state index is 0.0137. The Bertz CT molecular complexity index is 1050. The largest absolute Gasteiger partial charge is 0.323 e. The van der Waals surface area contributed by atoms with E-state index in [-0.39, 0.29) is 22.0 Å². The fourth-order valence-corrected chi connectivity index (χ4v) is 3.73. The van der Waals surface area contributed by atoms with Gasteiger partial charge in [-0.15, -0.1) is 0 Å². The molecule has 24 heavy (non-hydrogen) atoms. The van der Waals surface area contributed by atoms with Crippen LogP contribution in [0.5, 0.6) is 0 Å². The molecule has 1 aromatic heterocycles. The molecule has 0 aliphatic heterocycles. The zero-order valence-corrected chi connectivity index (χ0v) is 14.1. The van der Waals surface area contributed by atoms with Gasteiger partial charge in [0.25, 0.3) is 0 Å². The highest BCUT2D eigenvalue weighted by molar-refractivity contribution is 7.89. The highest BCUT2D eigenvalue weighted by Crippen LogP contribution is 2.24. The molecule has 2 N–H and O–H groups in total. The van der Waals surface area contributed by atoms with E-state index in [4.69, 9.17) is 11.6 Å². The number of hydrogen-bond acceptors (Lipinski definition) is 3. The molecule has 9 heteroatoms. The van der Waals surface area contributed by atoms with Gasteiger partial charge in [-0.2, -0.15) is 4.31 Å². The van der Waals surface area contributed by atoms with Gasteiger partial charge >= 0.3 is 5.69 Å². The lowest BCUT2D eigenvalue weighted by atomic mass is 10.2. The molecule has 0 radical (unpaired) electrons. The Kier molecular flexibility index (Phi) is 4.20. The van der Waals surface area contributed by atoms with Gasteiger partial charge in [0.1, 0.15) is 5.82 Å². The molecule has 2 aromatic carbocycles. The number of sulfonamides is 1. The van der Waals surface area contributed by atoms with E-state index >= 15 is 0 Å². The van der Waals surface area contributed by atoms with E-state index in [2.05, 4.69) is 9.97 Å². The zero-order valence-electron chi connectivity index (χ0n) is 12.5. The molecule has 0 fully saturated rings. The summed E-state index contributed by atoms with van der Waals surface area (Å²) in [4.78, 5) is 16.3. The first-order valence-corrected chi connectivity index (χ1v) is 8.72. The zero-order chi connectivity index (χ0) is 17.5. The van der Waals surface area contributed by atoms with Crippen molar-refractivity contribution in [3.8, 4) is 0 Å². The van der Waals surface area contributed by atoms with E-state index in [1.807, 2.05) is 0 Å². The number of aromatic nitrogens is 2. The van der Waals surface area contributed by atoms with Crippen molar-refractivity contribution in [1.29, 1.82) is 0 Å². The average molecular weight is 370 g/mol. The first-order chi connectivity index (χ1) is 11.3. The third kappa shape index (κ3) is 2.95. The van der Waals surface area contributed by atoms with Crippen molar-refractivity contribution in [3.05, 3.63) is 63.3 Å². The molecular weight excluding hydrogens is 357 g/mol. The van der Waals surface area contributed by atoms with Crippen LogP contribution in [0.15, 0.2) is 46.1 Å². The second-order valence-electron chi connectivity index (χ2n) is 5.25. The van der Waals surface area contributed by atoms with E-state index in [9.17, 15) is 17.6 Å². The molecule has 0 saturated carbocycles. The lowest BCUT2D eigenvalue weighted by Gasteiger charge is -2.18. The van der Waals surface area contributed by atoms with E-state index in [0.29, 0.717) is 11.0 Å². The highest BCUT2D eigenvalue weighted by atomic mass is 35.5. The maximum absolute atomic E-state index is 13.9. The van der Waals surface area contributed by atoms with E-state index < -0.39 is 21.5 Å². The Hall–Kier alpha value is -2.16. The van der Waals surface area contributed by atoms with Gasteiger partial charge in [-0.1, -0.05) is 17.7 Å². The van der Waals surface area contributed by atoms with Gasteiger partial charge in [0.2, 0.25) is 10.0 Å². The number of nitrogens with zero attached hydrogens (tertiary/aromatic N) is 1. The summed E-state index contributed by atoms with van der Waals surface area (Å²) in [7, 11) is -2.55. The SMILES string of the molecule is CN(Cc1c(F)cccc1Cl)S(=O)(=O)c1ccc2[nH]c(=O)[nH]c2c1. The quantitative estimate of drug-likeness (QED) is 0.740. The first-order valence-electron chi connectivity index (χ1n) is 6.90. The molecule has 0 bridgehead atoms. The van der Waals surface area contributed by atoms with Gasteiger partial charge in [0.05, 0.1) is 15.9 Å². The summed E-state index contributed by atoms with van der Waals surface area (Å²) in [5.74, 6) is -0.574. The number of hydrogen-bond donors (Lipinski definition) is 2. The molecule has 0 aliphatic carbocycles. The molecule has 0 atom stereocenters. The monoisotopic (exact) mass is 369 g/mol. The van der Waals surface area contributed by atoms with Crippen LogP contribution in [-0.4, -0.2) is 29.7 Å². The van der Waals surface area contributed by atoms with E-state index in [1.165, 1.54) is 43.4 Å². The van der Waals surface area contributed by atoms with Crippen LogP contribution in [0.3, 0.4) is 0 Å². The Balaban J connectivity index is 1.97. The molecule has 6 nitrogen and oxygen atoms in total. The number of rotatable bonds is 4. The molecule has 126 valence electrons. The van der Waals surface area contributed by atoms with Crippen molar-refractivity contribution < 1.29 is 12.8 Å². The van der Waals surface area contributed by atoms with Crippen LogP contribution in [0.25, 0.3) is 11.0 Å². The molecule has 0 saturated heterocycles. The Labute approximate surface area is 141 Å². The molecule has 0 spiro atoms. The summed E-state index contributed by atoms with van der Waals surface area (Å²) in [5.41, 5.74) is 0.546. The molecule has 0 aliphatic rings. The molecule has 1 heterocycles.